The van der Waals surface area contributed by atoms with Crippen molar-refractivity contribution in [2.45, 2.75) is 51.1 Å². The molecule has 2 N–H and O–H groups in total. The van der Waals surface area contributed by atoms with E-state index in [2.05, 4.69) is 79.1 Å². The molecule has 168 valence electrons. The van der Waals surface area contributed by atoms with Gasteiger partial charge in [-0.2, -0.15) is 0 Å². The zero-order valence-electron chi connectivity index (χ0n) is 19.6. The van der Waals surface area contributed by atoms with Crippen molar-refractivity contribution in [3.63, 3.8) is 0 Å². The van der Waals surface area contributed by atoms with Crippen LogP contribution in [0.4, 0.5) is 5.69 Å². The minimum Gasteiger partial charge on any atom is -0.377 e. The maximum Gasteiger partial charge on any atom is 0.253 e. The van der Waals surface area contributed by atoms with Crippen molar-refractivity contribution < 1.29 is 4.79 Å². The number of allylic oxidation sites excluding steroid dienone is 2. The smallest absolute Gasteiger partial charge is 0.253 e. The third-order valence-corrected chi connectivity index (χ3v) is 7.25. The summed E-state index contributed by atoms with van der Waals surface area (Å²) in [4.78, 5) is 13.4. The predicted molar refractivity (Wildman–Crippen MR) is 136 cm³/mol. The molecule has 0 fully saturated rings. The van der Waals surface area contributed by atoms with E-state index in [1.165, 1.54) is 16.7 Å². The normalized spacial score (nSPS) is 21.8. The van der Waals surface area contributed by atoms with Crippen LogP contribution in [0.25, 0.3) is 0 Å². The van der Waals surface area contributed by atoms with E-state index in [0.717, 1.165) is 23.2 Å². The molecule has 4 atom stereocenters. The second kappa shape index (κ2) is 8.90. The van der Waals surface area contributed by atoms with Crippen molar-refractivity contribution in [2.75, 3.05) is 5.32 Å². The van der Waals surface area contributed by atoms with Gasteiger partial charge in [0.15, 0.2) is 0 Å². The summed E-state index contributed by atoms with van der Waals surface area (Å²) in [7, 11) is 0. The lowest BCUT2D eigenvalue weighted by molar-refractivity contribution is 0.0940. The van der Waals surface area contributed by atoms with Crippen molar-refractivity contribution in [2.24, 2.45) is 5.92 Å². The van der Waals surface area contributed by atoms with Crippen LogP contribution in [-0.2, 0) is 0 Å². The SMILES string of the molecule is CC(C)c1ccc(C2Nc3c(C(=O)NC(C)c4ccccc4)cccc3C3C=CCC32)cc1. The summed E-state index contributed by atoms with van der Waals surface area (Å²) >= 11 is 0. The summed E-state index contributed by atoms with van der Waals surface area (Å²) in [6.07, 6.45) is 5.68. The monoisotopic (exact) mass is 436 g/mol. The molecule has 0 saturated carbocycles. The first-order valence-corrected chi connectivity index (χ1v) is 12.0. The minimum absolute atomic E-state index is 0.0370. The first-order chi connectivity index (χ1) is 16.0. The number of anilines is 1. The van der Waals surface area contributed by atoms with E-state index in [-0.39, 0.29) is 18.0 Å². The Hall–Kier alpha value is -3.33. The maximum atomic E-state index is 13.4. The van der Waals surface area contributed by atoms with Gasteiger partial charge in [0.1, 0.15) is 0 Å². The average Bonchev–Trinajstić information content (AvgIpc) is 3.34. The molecule has 33 heavy (non-hydrogen) atoms. The van der Waals surface area contributed by atoms with E-state index in [9.17, 15) is 4.79 Å². The highest BCUT2D eigenvalue weighted by molar-refractivity contribution is 6.01. The number of fused-ring (bicyclic) bond motifs is 3. The molecule has 4 unspecified atom stereocenters. The van der Waals surface area contributed by atoms with Crippen LogP contribution in [-0.4, -0.2) is 5.91 Å². The van der Waals surface area contributed by atoms with Crippen LogP contribution >= 0.6 is 0 Å². The van der Waals surface area contributed by atoms with Crippen molar-refractivity contribution in [3.8, 4) is 0 Å². The van der Waals surface area contributed by atoms with E-state index >= 15 is 0 Å². The quantitative estimate of drug-likeness (QED) is 0.418. The zero-order valence-corrected chi connectivity index (χ0v) is 19.6. The summed E-state index contributed by atoms with van der Waals surface area (Å²) in [5.74, 6) is 1.27. The molecular formula is C30H32N2O. The summed E-state index contributed by atoms with van der Waals surface area (Å²) in [6.45, 7) is 6.48. The highest BCUT2D eigenvalue weighted by atomic mass is 16.1. The molecule has 0 bridgehead atoms. The third-order valence-electron chi connectivity index (χ3n) is 7.25. The molecule has 5 rings (SSSR count). The van der Waals surface area contributed by atoms with Gasteiger partial charge in [-0.15, -0.1) is 0 Å². The lowest BCUT2D eigenvalue weighted by Gasteiger charge is -2.38. The molecule has 3 aromatic carbocycles. The largest absolute Gasteiger partial charge is 0.377 e. The summed E-state index contributed by atoms with van der Waals surface area (Å²) < 4.78 is 0. The first-order valence-electron chi connectivity index (χ1n) is 12.0. The van der Waals surface area contributed by atoms with Gasteiger partial charge in [0.25, 0.3) is 5.91 Å². The van der Waals surface area contributed by atoms with Gasteiger partial charge in [0, 0.05) is 5.92 Å². The van der Waals surface area contributed by atoms with Crippen LogP contribution in [0.5, 0.6) is 0 Å². The van der Waals surface area contributed by atoms with Gasteiger partial charge in [0.05, 0.1) is 23.3 Å². The van der Waals surface area contributed by atoms with E-state index in [1.54, 1.807) is 0 Å². The number of amides is 1. The summed E-state index contributed by atoms with van der Waals surface area (Å²) in [5, 5.41) is 6.99. The molecule has 3 nitrogen and oxygen atoms in total. The Bertz CT molecular complexity index is 1160. The lowest BCUT2D eigenvalue weighted by atomic mass is 9.76. The van der Waals surface area contributed by atoms with Crippen LogP contribution in [0, 0.1) is 5.92 Å². The van der Waals surface area contributed by atoms with Crippen LogP contribution in [0.1, 0.15) is 83.7 Å². The number of hydrogen-bond acceptors (Lipinski definition) is 2. The Morgan fingerprint density at radius 1 is 0.909 bits per heavy atom. The molecule has 3 heteroatoms. The van der Waals surface area contributed by atoms with Gasteiger partial charge in [0.2, 0.25) is 0 Å². The zero-order chi connectivity index (χ0) is 22.9. The van der Waals surface area contributed by atoms with Gasteiger partial charge < -0.3 is 10.6 Å². The molecule has 0 spiro atoms. The number of benzene rings is 3. The Labute approximate surface area is 196 Å². The Balaban J connectivity index is 1.47. The van der Waals surface area contributed by atoms with Gasteiger partial charge in [-0.05, 0) is 53.5 Å². The Morgan fingerprint density at radius 2 is 1.67 bits per heavy atom. The minimum atomic E-state index is -0.0587. The van der Waals surface area contributed by atoms with E-state index in [1.807, 2.05) is 37.3 Å². The molecule has 1 amide bonds. The van der Waals surface area contributed by atoms with Gasteiger partial charge in [-0.3, -0.25) is 4.79 Å². The van der Waals surface area contributed by atoms with Crippen LogP contribution in [0.15, 0.2) is 84.9 Å². The number of hydrogen-bond donors (Lipinski definition) is 2. The second-order valence-corrected chi connectivity index (χ2v) is 9.67. The Kier molecular flexibility index (Phi) is 5.80. The first kappa shape index (κ1) is 21.5. The highest BCUT2D eigenvalue weighted by Gasteiger charge is 2.39. The van der Waals surface area contributed by atoms with Gasteiger partial charge >= 0.3 is 0 Å². The van der Waals surface area contributed by atoms with Crippen LogP contribution in [0.3, 0.4) is 0 Å². The molecule has 0 aromatic heterocycles. The lowest BCUT2D eigenvalue weighted by Crippen LogP contribution is -2.32. The van der Waals surface area contributed by atoms with Crippen molar-refractivity contribution in [3.05, 3.63) is 113 Å². The predicted octanol–water partition coefficient (Wildman–Crippen LogP) is 7.13. The second-order valence-electron chi connectivity index (χ2n) is 9.67. The Morgan fingerprint density at radius 3 is 2.39 bits per heavy atom. The molecular weight excluding hydrogens is 404 g/mol. The number of rotatable bonds is 5. The van der Waals surface area contributed by atoms with E-state index < -0.39 is 0 Å². The fourth-order valence-corrected chi connectivity index (χ4v) is 5.33. The molecule has 1 aliphatic carbocycles. The molecule has 3 aromatic rings. The number of carbonyl (C=O) groups excluding carboxylic acids is 1. The molecule has 1 heterocycles. The van der Waals surface area contributed by atoms with E-state index in [0.29, 0.717) is 17.8 Å². The topological polar surface area (TPSA) is 41.1 Å². The summed E-state index contributed by atoms with van der Waals surface area (Å²) in [5.41, 5.74) is 6.66. The number of nitrogens with one attached hydrogen (secondary N) is 2. The van der Waals surface area contributed by atoms with Crippen molar-refractivity contribution in [1.82, 2.24) is 5.32 Å². The summed E-state index contributed by atoms with van der Waals surface area (Å²) in [6, 6.07) is 25.4. The van der Waals surface area contributed by atoms with Gasteiger partial charge in [-0.1, -0.05) is 92.7 Å². The van der Waals surface area contributed by atoms with Crippen LogP contribution in [0.2, 0.25) is 0 Å². The molecule has 2 aliphatic rings. The van der Waals surface area contributed by atoms with Gasteiger partial charge in [-0.25, -0.2) is 0 Å². The van der Waals surface area contributed by atoms with Crippen molar-refractivity contribution >= 4 is 11.6 Å². The fraction of sp³-hybridized carbons (Fsp3) is 0.300. The van der Waals surface area contributed by atoms with E-state index in [4.69, 9.17) is 0 Å². The molecule has 0 saturated heterocycles. The van der Waals surface area contributed by atoms with Crippen LogP contribution < -0.4 is 10.6 Å². The maximum absolute atomic E-state index is 13.4. The fourth-order valence-electron chi connectivity index (χ4n) is 5.33. The standard InChI is InChI=1S/C30H32N2O/c1-19(2)21-15-17-23(18-16-21)28-25-12-7-11-24(25)26-13-8-14-27(29(26)32-28)30(33)31-20(3)22-9-5-4-6-10-22/h4-11,13-20,24-25,28,32H,12H2,1-3H3,(H,31,33). The molecule has 1 aliphatic heterocycles. The molecule has 0 radical (unpaired) electrons. The number of para-hydroxylation sites is 1. The average molecular weight is 437 g/mol. The highest BCUT2D eigenvalue weighted by Crippen LogP contribution is 2.50. The third kappa shape index (κ3) is 4.08. The van der Waals surface area contributed by atoms with Crippen molar-refractivity contribution in [1.29, 1.82) is 0 Å². The number of carbonyl (C=O) groups is 1.